The van der Waals surface area contributed by atoms with Gasteiger partial charge in [0.1, 0.15) is 11.8 Å². The van der Waals surface area contributed by atoms with Gasteiger partial charge < -0.3 is 10.5 Å². The predicted molar refractivity (Wildman–Crippen MR) is 71.5 cm³/mol. The van der Waals surface area contributed by atoms with Crippen LogP contribution in [0.4, 0.5) is 5.82 Å². The molecule has 18 heavy (non-hydrogen) atoms. The fourth-order valence-corrected chi connectivity index (χ4v) is 2.37. The van der Waals surface area contributed by atoms with E-state index >= 15 is 0 Å². The van der Waals surface area contributed by atoms with E-state index in [9.17, 15) is 0 Å². The highest BCUT2D eigenvalue weighted by molar-refractivity contribution is 5.65. The number of ether oxygens (including phenoxy) is 1. The van der Waals surface area contributed by atoms with Crippen molar-refractivity contribution >= 4 is 11.3 Å². The molecule has 0 saturated heterocycles. The zero-order valence-electron chi connectivity index (χ0n) is 11.3. The Hall–Kier alpha value is -1.62. The van der Waals surface area contributed by atoms with Gasteiger partial charge in [-0.05, 0) is 25.5 Å². The van der Waals surface area contributed by atoms with Crippen LogP contribution >= 0.6 is 0 Å². The van der Waals surface area contributed by atoms with Crippen LogP contribution in [-0.4, -0.2) is 27.8 Å². The lowest BCUT2D eigenvalue weighted by molar-refractivity contribution is 0.0917. The van der Waals surface area contributed by atoms with Crippen LogP contribution < -0.4 is 5.73 Å². The molecule has 0 saturated carbocycles. The van der Waals surface area contributed by atoms with E-state index in [-0.39, 0.29) is 11.5 Å². The van der Waals surface area contributed by atoms with Crippen molar-refractivity contribution in [2.75, 3.05) is 12.8 Å². The summed E-state index contributed by atoms with van der Waals surface area (Å²) in [7, 11) is 1.73. The van der Waals surface area contributed by atoms with Gasteiger partial charge in [0.25, 0.3) is 0 Å². The fourth-order valence-electron chi connectivity index (χ4n) is 2.37. The quantitative estimate of drug-likeness (QED) is 0.899. The van der Waals surface area contributed by atoms with Crippen molar-refractivity contribution in [1.82, 2.24) is 14.6 Å². The van der Waals surface area contributed by atoms with Crippen LogP contribution in [0.5, 0.6) is 0 Å². The van der Waals surface area contributed by atoms with Gasteiger partial charge in [-0.2, -0.15) is 5.10 Å². The number of aromatic nitrogens is 3. The molecule has 0 radical (unpaired) electrons. The molecule has 2 N–H and O–H groups in total. The zero-order valence-corrected chi connectivity index (χ0v) is 11.3. The van der Waals surface area contributed by atoms with Crippen molar-refractivity contribution in [3.05, 3.63) is 24.2 Å². The van der Waals surface area contributed by atoms with E-state index in [1.165, 1.54) is 6.33 Å². The van der Waals surface area contributed by atoms with Crippen molar-refractivity contribution in [2.24, 2.45) is 0 Å². The number of rotatable bonds is 4. The monoisotopic (exact) mass is 248 g/mol. The van der Waals surface area contributed by atoms with Gasteiger partial charge in [-0.25, -0.2) is 9.50 Å². The number of nitrogen functional groups attached to an aromatic ring is 1. The first-order chi connectivity index (χ1) is 8.45. The summed E-state index contributed by atoms with van der Waals surface area (Å²) in [4.78, 5) is 4.00. The molecule has 98 valence electrons. The van der Waals surface area contributed by atoms with Gasteiger partial charge in [0.2, 0.25) is 0 Å². The van der Waals surface area contributed by atoms with E-state index < -0.39 is 0 Å². The maximum atomic E-state index is 5.84. The van der Waals surface area contributed by atoms with E-state index in [1.807, 2.05) is 10.6 Å². The SMILES string of the molecule is COC(C)CC(C)(C)c1ccc2c(N)ncnn12. The second-order valence-corrected chi connectivity index (χ2v) is 5.30. The van der Waals surface area contributed by atoms with Gasteiger partial charge in [0.05, 0.1) is 6.10 Å². The number of anilines is 1. The Morgan fingerprint density at radius 3 is 2.83 bits per heavy atom. The third kappa shape index (κ3) is 2.18. The second kappa shape index (κ2) is 4.57. The third-order valence-electron chi connectivity index (χ3n) is 3.38. The van der Waals surface area contributed by atoms with E-state index in [0.717, 1.165) is 17.6 Å². The number of fused-ring (bicyclic) bond motifs is 1. The average molecular weight is 248 g/mol. The number of nitrogens with zero attached hydrogens (tertiary/aromatic N) is 3. The maximum Gasteiger partial charge on any atom is 0.151 e. The minimum Gasteiger partial charge on any atom is -0.382 e. The van der Waals surface area contributed by atoms with Crippen molar-refractivity contribution in [1.29, 1.82) is 0 Å². The van der Waals surface area contributed by atoms with Crippen LogP contribution in [0.25, 0.3) is 5.52 Å². The number of nitrogens with two attached hydrogens (primary N) is 1. The summed E-state index contributed by atoms with van der Waals surface area (Å²) in [6.45, 7) is 6.44. The Morgan fingerprint density at radius 1 is 1.44 bits per heavy atom. The summed E-state index contributed by atoms with van der Waals surface area (Å²) in [5.41, 5.74) is 7.78. The van der Waals surface area contributed by atoms with E-state index in [0.29, 0.717) is 5.82 Å². The minimum atomic E-state index is -0.0391. The molecule has 2 aromatic heterocycles. The van der Waals surface area contributed by atoms with Crippen LogP contribution in [-0.2, 0) is 10.2 Å². The van der Waals surface area contributed by atoms with Crippen LogP contribution in [0.2, 0.25) is 0 Å². The first kappa shape index (κ1) is 12.8. The number of methoxy groups -OCH3 is 1. The Morgan fingerprint density at radius 2 is 2.17 bits per heavy atom. The minimum absolute atomic E-state index is 0.0391. The summed E-state index contributed by atoms with van der Waals surface area (Å²) in [5, 5.41) is 4.29. The molecular weight excluding hydrogens is 228 g/mol. The Balaban J connectivity index is 2.44. The topological polar surface area (TPSA) is 65.4 Å². The Kier molecular flexibility index (Phi) is 3.26. The average Bonchev–Trinajstić information content (AvgIpc) is 2.74. The summed E-state index contributed by atoms with van der Waals surface area (Å²) in [5.74, 6) is 0.506. The molecule has 0 amide bonds. The first-order valence-electron chi connectivity index (χ1n) is 6.07. The molecule has 0 aromatic carbocycles. The lowest BCUT2D eigenvalue weighted by Gasteiger charge is -2.27. The molecule has 0 spiro atoms. The molecule has 2 heterocycles. The maximum absolute atomic E-state index is 5.84. The van der Waals surface area contributed by atoms with Crippen molar-refractivity contribution < 1.29 is 4.74 Å². The lowest BCUT2D eigenvalue weighted by Crippen LogP contribution is -2.26. The van der Waals surface area contributed by atoms with Gasteiger partial charge in [0, 0.05) is 18.2 Å². The van der Waals surface area contributed by atoms with Gasteiger partial charge in [0.15, 0.2) is 5.82 Å². The second-order valence-electron chi connectivity index (χ2n) is 5.30. The zero-order chi connectivity index (χ0) is 13.3. The van der Waals surface area contributed by atoms with Crippen molar-refractivity contribution in [2.45, 2.75) is 38.7 Å². The largest absolute Gasteiger partial charge is 0.382 e. The van der Waals surface area contributed by atoms with E-state index in [1.54, 1.807) is 7.11 Å². The van der Waals surface area contributed by atoms with E-state index in [4.69, 9.17) is 10.5 Å². The summed E-state index contributed by atoms with van der Waals surface area (Å²) < 4.78 is 7.22. The summed E-state index contributed by atoms with van der Waals surface area (Å²) in [6, 6.07) is 4.02. The number of hydrogen-bond acceptors (Lipinski definition) is 4. The van der Waals surface area contributed by atoms with Gasteiger partial charge in [-0.3, -0.25) is 0 Å². The molecule has 1 atom stereocenters. The van der Waals surface area contributed by atoms with Crippen LogP contribution in [0.15, 0.2) is 18.5 Å². The smallest absolute Gasteiger partial charge is 0.151 e. The molecular formula is C13H20N4O. The predicted octanol–water partition coefficient (Wildman–Crippen LogP) is 2.01. The fraction of sp³-hybridized carbons (Fsp3) is 0.538. The first-order valence-corrected chi connectivity index (χ1v) is 6.07. The molecule has 0 fully saturated rings. The van der Waals surface area contributed by atoms with Gasteiger partial charge in [-0.1, -0.05) is 13.8 Å². The van der Waals surface area contributed by atoms with Crippen LogP contribution in [0.1, 0.15) is 32.9 Å². The highest BCUT2D eigenvalue weighted by Crippen LogP contribution is 2.30. The molecule has 2 rings (SSSR count). The molecule has 0 aliphatic carbocycles. The molecule has 0 bridgehead atoms. The Bertz CT molecular complexity index is 547. The van der Waals surface area contributed by atoms with Crippen LogP contribution in [0.3, 0.4) is 0 Å². The standard InChI is InChI=1S/C13H20N4O/c1-9(18-4)7-13(2,3)11-6-5-10-12(14)15-8-16-17(10)11/h5-6,8-9H,7H2,1-4H3,(H2,14,15,16). The highest BCUT2D eigenvalue weighted by atomic mass is 16.5. The highest BCUT2D eigenvalue weighted by Gasteiger charge is 2.27. The van der Waals surface area contributed by atoms with Crippen LogP contribution in [0, 0.1) is 0 Å². The summed E-state index contributed by atoms with van der Waals surface area (Å²) in [6.07, 6.45) is 2.60. The molecule has 1 unspecified atom stereocenters. The Labute approximate surface area is 107 Å². The summed E-state index contributed by atoms with van der Waals surface area (Å²) >= 11 is 0. The third-order valence-corrected chi connectivity index (χ3v) is 3.38. The molecule has 5 nitrogen and oxygen atoms in total. The molecule has 2 aromatic rings. The van der Waals surface area contributed by atoms with Gasteiger partial charge in [-0.15, -0.1) is 0 Å². The molecule has 0 aliphatic heterocycles. The number of hydrogen-bond donors (Lipinski definition) is 1. The van der Waals surface area contributed by atoms with Crippen molar-refractivity contribution in [3.63, 3.8) is 0 Å². The van der Waals surface area contributed by atoms with Crippen molar-refractivity contribution in [3.8, 4) is 0 Å². The molecule has 0 aliphatic rings. The lowest BCUT2D eigenvalue weighted by atomic mass is 9.84. The van der Waals surface area contributed by atoms with Gasteiger partial charge >= 0.3 is 0 Å². The normalized spacial score (nSPS) is 14.0. The molecule has 5 heteroatoms. The van der Waals surface area contributed by atoms with E-state index in [2.05, 4.69) is 36.9 Å².